The lowest BCUT2D eigenvalue weighted by molar-refractivity contribution is 0.229. The Kier molecular flexibility index (Phi) is 4.47. The van der Waals surface area contributed by atoms with Crippen molar-refractivity contribution in [3.63, 3.8) is 0 Å². The Morgan fingerprint density at radius 1 is 1.23 bits per heavy atom. The van der Waals surface area contributed by atoms with Gasteiger partial charge in [0, 0.05) is 43.2 Å². The van der Waals surface area contributed by atoms with E-state index in [1.807, 2.05) is 19.1 Å². The maximum atomic E-state index is 12.3. The molecule has 5 rings (SSSR count). The molecule has 0 spiro atoms. The van der Waals surface area contributed by atoms with Gasteiger partial charge in [0.05, 0.1) is 17.9 Å². The SMILES string of the molecule is Cc1ccc(N2C=C(C3(Nc4nccc(N5CCN(C)C5=O)n4)CC3)NC2)cc1Cl. The second-order valence-electron chi connectivity index (χ2n) is 8.08. The third-order valence-electron chi connectivity index (χ3n) is 5.96. The Bertz CT molecular complexity index is 1040. The number of carbonyl (C=O) groups is 1. The van der Waals surface area contributed by atoms with Crippen molar-refractivity contribution in [2.45, 2.75) is 25.3 Å². The highest BCUT2D eigenvalue weighted by Crippen LogP contribution is 2.45. The van der Waals surface area contributed by atoms with Crippen molar-refractivity contribution in [3.8, 4) is 0 Å². The number of urea groups is 1. The summed E-state index contributed by atoms with van der Waals surface area (Å²) in [7, 11) is 1.80. The molecule has 156 valence electrons. The number of aryl methyl sites for hydroxylation is 1. The number of likely N-dealkylation sites (N-methyl/N-ethyl adjacent to an activating group) is 1. The van der Waals surface area contributed by atoms with Crippen molar-refractivity contribution in [3.05, 3.63) is 52.9 Å². The minimum absolute atomic E-state index is 0.0339. The number of carbonyl (C=O) groups excluding carboxylic acids is 1. The van der Waals surface area contributed by atoms with Gasteiger partial charge in [-0.15, -0.1) is 0 Å². The van der Waals surface area contributed by atoms with Crippen molar-refractivity contribution in [2.75, 3.05) is 41.9 Å². The van der Waals surface area contributed by atoms with Crippen molar-refractivity contribution >= 4 is 35.1 Å². The van der Waals surface area contributed by atoms with Crippen LogP contribution in [0.25, 0.3) is 0 Å². The lowest BCUT2D eigenvalue weighted by Gasteiger charge is -2.20. The van der Waals surface area contributed by atoms with Gasteiger partial charge in [-0.3, -0.25) is 4.90 Å². The maximum absolute atomic E-state index is 12.3. The number of rotatable bonds is 5. The van der Waals surface area contributed by atoms with Crippen molar-refractivity contribution in [1.82, 2.24) is 20.2 Å². The summed E-state index contributed by atoms with van der Waals surface area (Å²) in [6.45, 7) is 4.02. The minimum atomic E-state index is -0.201. The number of nitrogens with zero attached hydrogens (tertiary/aromatic N) is 5. The average Bonchev–Trinajstić information content (AvgIpc) is 3.19. The molecule has 2 aliphatic heterocycles. The first kappa shape index (κ1) is 19.0. The van der Waals surface area contributed by atoms with Gasteiger partial charge in [-0.25, -0.2) is 9.78 Å². The second-order valence-corrected chi connectivity index (χ2v) is 8.49. The molecule has 0 bridgehead atoms. The van der Waals surface area contributed by atoms with E-state index in [-0.39, 0.29) is 11.6 Å². The molecule has 9 heteroatoms. The third-order valence-corrected chi connectivity index (χ3v) is 6.37. The fraction of sp³-hybridized carbons (Fsp3) is 0.381. The van der Waals surface area contributed by atoms with Gasteiger partial charge >= 0.3 is 6.03 Å². The van der Waals surface area contributed by atoms with Crippen molar-refractivity contribution in [1.29, 1.82) is 0 Å². The van der Waals surface area contributed by atoms with Gasteiger partial charge in [0.1, 0.15) is 5.82 Å². The molecule has 1 saturated heterocycles. The Morgan fingerprint density at radius 3 is 2.77 bits per heavy atom. The van der Waals surface area contributed by atoms with Crippen LogP contribution in [0.15, 0.2) is 42.4 Å². The monoisotopic (exact) mass is 425 g/mol. The predicted molar refractivity (Wildman–Crippen MR) is 118 cm³/mol. The van der Waals surface area contributed by atoms with E-state index in [0.717, 1.165) is 34.8 Å². The van der Waals surface area contributed by atoms with Gasteiger partial charge in [0.2, 0.25) is 5.95 Å². The van der Waals surface area contributed by atoms with E-state index in [4.69, 9.17) is 11.6 Å². The number of nitrogens with one attached hydrogen (secondary N) is 2. The molecule has 1 aromatic heterocycles. The highest BCUT2D eigenvalue weighted by Gasteiger charge is 2.48. The molecular weight excluding hydrogens is 402 g/mol. The smallest absolute Gasteiger partial charge is 0.325 e. The summed E-state index contributed by atoms with van der Waals surface area (Å²) >= 11 is 6.30. The summed E-state index contributed by atoms with van der Waals surface area (Å²) in [5.74, 6) is 1.16. The first-order valence-electron chi connectivity index (χ1n) is 10.1. The zero-order valence-electron chi connectivity index (χ0n) is 17.0. The second kappa shape index (κ2) is 7.05. The number of amides is 2. The van der Waals surface area contributed by atoms with Gasteiger partial charge in [0.25, 0.3) is 0 Å². The van der Waals surface area contributed by atoms with E-state index >= 15 is 0 Å². The first-order chi connectivity index (χ1) is 14.4. The van der Waals surface area contributed by atoms with Crippen LogP contribution in [0.2, 0.25) is 5.02 Å². The lowest BCUT2D eigenvalue weighted by Crippen LogP contribution is -2.33. The van der Waals surface area contributed by atoms with Crippen LogP contribution in [0.1, 0.15) is 18.4 Å². The molecule has 2 aromatic rings. The molecule has 3 heterocycles. The zero-order valence-corrected chi connectivity index (χ0v) is 17.8. The maximum Gasteiger partial charge on any atom is 0.325 e. The topological polar surface area (TPSA) is 76.6 Å². The number of hydrogen-bond acceptors (Lipinski definition) is 6. The Labute approximate surface area is 180 Å². The van der Waals surface area contributed by atoms with Crippen LogP contribution in [0, 0.1) is 6.92 Å². The van der Waals surface area contributed by atoms with Gasteiger partial charge in [-0.1, -0.05) is 17.7 Å². The molecule has 0 atom stereocenters. The molecule has 0 unspecified atom stereocenters. The van der Waals surface area contributed by atoms with Crippen LogP contribution in [0.4, 0.5) is 22.2 Å². The molecular formula is C21H24ClN7O. The molecule has 8 nitrogen and oxygen atoms in total. The predicted octanol–water partition coefficient (Wildman–Crippen LogP) is 3.16. The fourth-order valence-electron chi connectivity index (χ4n) is 3.86. The largest absolute Gasteiger partial charge is 0.368 e. The number of halogens is 1. The van der Waals surface area contributed by atoms with Crippen LogP contribution in [-0.4, -0.2) is 53.2 Å². The first-order valence-corrected chi connectivity index (χ1v) is 10.5. The summed E-state index contributed by atoms with van der Waals surface area (Å²) in [6, 6.07) is 7.84. The van der Waals surface area contributed by atoms with Crippen molar-refractivity contribution < 1.29 is 4.79 Å². The van der Waals surface area contributed by atoms with Crippen LogP contribution >= 0.6 is 11.6 Å². The van der Waals surface area contributed by atoms with Crippen LogP contribution in [-0.2, 0) is 0 Å². The summed E-state index contributed by atoms with van der Waals surface area (Å²) in [5, 5.41) is 7.76. The van der Waals surface area contributed by atoms with Crippen LogP contribution < -0.4 is 20.4 Å². The van der Waals surface area contributed by atoms with Gasteiger partial charge in [-0.2, -0.15) is 4.98 Å². The van der Waals surface area contributed by atoms with Gasteiger partial charge in [0.15, 0.2) is 0 Å². The molecule has 3 aliphatic rings. The quantitative estimate of drug-likeness (QED) is 0.766. The molecule has 1 saturated carbocycles. The highest BCUT2D eigenvalue weighted by atomic mass is 35.5. The summed E-state index contributed by atoms with van der Waals surface area (Å²) < 4.78 is 0. The number of hydrogen-bond donors (Lipinski definition) is 2. The normalized spacial score (nSPS) is 19.8. The lowest BCUT2D eigenvalue weighted by atomic mass is 10.2. The fourth-order valence-corrected chi connectivity index (χ4v) is 4.03. The number of anilines is 3. The van der Waals surface area contributed by atoms with E-state index in [2.05, 4.69) is 37.8 Å². The number of aromatic nitrogens is 2. The Morgan fingerprint density at radius 2 is 2.07 bits per heavy atom. The molecule has 2 fully saturated rings. The third kappa shape index (κ3) is 3.31. The van der Waals surface area contributed by atoms with E-state index in [1.165, 1.54) is 0 Å². The molecule has 2 amide bonds. The molecule has 1 aromatic carbocycles. The van der Waals surface area contributed by atoms with Crippen molar-refractivity contribution in [2.24, 2.45) is 0 Å². The van der Waals surface area contributed by atoms with E-state index in [9.17, 15) is 4.79 Å². The van der Waals surface area contributed by atoms with E-state index in [1.54, 1.807) is 29.1 Å². The summed E-state index contributed by atoms with van der Waals surface area (Å²) in [4.78, 5) is 26.8. The van der Waals surface area contributed by atoms with Crippen LogP contribution in [0.3, 0.4) is 0 Å². The molecule has 30 heavy (non-hydrogen) atoms. The summed E-state index contributed by atoms with van der Waals surface area (Å²) in [5.41, 5.74) is 3.04. The van der Waals surface area contributed by atoms with E-state index < -0.39 is 0 Å². The zero-order chi connectivity index (χ0) is 20.9. The Balaban J connectivity index is 1.34. The molecule has 1 aliphatic carbocycles. The highest BCUT2D eigenvalue weighted by molar-refractivity contribution is 6.31. The van der Waals surface area contributed by atoms with E-state index in [0.29, 0.717) is 31.5 Å². The molecule has 2 N–H and O–H groups in total. The molecule has 0 radical (unpaired) electrons. The average molecular weight is 426 g/mol. The van der Waals surface area contributed by atoms with Crippen LogP contribution in [0.5, 0.6) is 0 Å². The standard InChI is InChI=1S/C21H24ClN7O/c1-14-3-4-15(11-16(14)22)28-12-17(24-13-28)21(6-7-21)26-19-23-8-5-18(25-19)29-10-9-27(2)20(29)30/h3-5,8,11-12,24H,6-7,9-10,13H2,1-2H3,(H,23,25,26). The minimum Gasteiger partial charge on any atom is -0.368 e. The Hall–Kier alpha value is -3.00. The van der Waals surface area contributed by atoms with Gasteiger partial charge in [-0.05, 0) is 43.5 Å². The summed E-state index contributed by atoms with van der Waals surface area (Å²) in [6.07, 6.45) is 5.81. The van der Waals surface area contributed by atoms with Gasteiger partial charge < -0.3 is 20.4 Å². The number of benzene rings is 1.